The normalized spacial score (nSPS) is 13.1. The fourth-order valence-electron chi connectivity index (χ4n) is 3.82. The van der Waals surface area contributed by atoms with Crippen LogP contribution in [0.1, 0.15) is 12.0 Å². The Morgan fingerprint density at radius 2 is 1.71 bits per heavy atom. The van der Waals surface area contributed by atoms with E-state index in [0.29, 0.717) is 41.6 Å². The number of hydrogen-bond donors (Lipinski definition) is 1. The Morgan fingerprint density at radius 3 is 2.41 bits per heavy atom. The van der Waals surface area contributed by atoms with Gasteiger partial charge in [-0.05, 0) is 66.9 Å². The maximum absolute atomic E-state index is 13.4. The van der Waals surface area contributed by atoms with Gasteiger partial charge in [0, 0.05) is 12.2 Å². The Hall–Kier alpha value is -3.72. The van der Waals surface area contributed by atoms with Gasteiger partial charge in [0.05, 0.1) is 24.8 Å². The van der Waals surface area contributed by atoms with Gasteiger partial charge in [-0.3, -0.25) is 9.10 Å². The molecule has 1 amide bonds. The molecule has 1 aliphatic heterocycles. The Bertz CT molecular complexity index is 1270. The average Bonchev–Trinajstić information content (AvgIpc) is 2.87. The van der Waals surface area contributed by atoms with Crippen molar-refractivity contribution in [3.63, 3.8) is 0 Å². The Morgan fingerprint density at radius 1 is 0.971 bits per heavy atom. The first-order valence-electron chi connectivity index (χ1n) is 10.8. The van der Waals surface area contributed by atoms with E-state index in [9.17, 15) is 13.2 Å². The van der Waals surface area contributed by atoms with Crippen LogP contribution in [0.4, 0.5) is 11.4 Å². The predicted octanol–water partition coefficient (Wildman–Crippen LogP) is 3.86. The smallest absolute Gasteiger partial charge is 0.264 e. The van der Waals surface area contributed by atoms with Gasteiger partial charge in [-0.2, -0.15) is 0 Å². The third-order valence-electron chi connectivity index (χ3n) is 5.52. The van der Waals surface area contributed by atoms with Crippen LogP contribution in [0.5, 0.6) is 17.2 Å². The molecule has 0 saturated heterocycles. The number of methoxy groups -OCH3 is 2. The van der Waals surface area contributed by atoms with Crippen molar-refractivity contribution in [2.75, 3.05) is 37.0 Å². The monoisotopic (exact) mass is 482 g/mol. The van der Waals surface area contributed by atoms with Gasteiger partial charge >= 0.3 is 0 Å². The zero-order chi connectivity index (χ0) is 24.1. The molecular weight excluding hydrogens is 456 g/mol. The van der Waals surface area contributed by atoms with Crippen LogP contribution < -0.4 is 23.8 Å². The van der Waals surface area contributed by atoms with Gasteiger partial charge in [0.15, 0.2) is 18.1 Å². The maximum Gasteiger partial charge on any atom is 0.264 e. The summed E-state index contributed by atoms with van der Waals surface area (Å²) in [5.74, 6) is 1.20. The van der Waals surface area contributed by atoms with Crippen LogP contribution in [0.2, 0.25) is 0 Å². The third-order valence-corrected chi connectivity index (χ3v) is 7.35. The molecule has 0 bridgehead atoms. The van der Waals surface area contributed by atoms with Gasteiger partial charge < -0.3 is 19.5 Å². The number of hydrogen-bond acceptors (Lipinski definition) is 6. The standard InChI is InChI=1S/C25H26N2O6S/c1-31-20-11-13-21(14-12-20)34(29,30)27-15-5-6-18-9-10-19(16-22(18)27)26-25(28)17-33-24-8-4-3-7-23(24)32-2/h3-4,7-14,16H,5-6,15,17H2,1-2H3,(H,26,28). The van der Waals surface area contributed by atoms with Gasteiger partial charge in [0.2, 0.25) is 0 Å². The highest BCUT2D eigenvalue weighted by atomic mass is 32.2. The summed E-state index contributed by atoms with van der Waals surface area (Å²) in [4.78, 5) is 12.7. The number of nitrogens with zero attached hydrogens (tertiary/aromatic N) is 1. The van der Waals surface area contributed by atoms with Gasteiger partial charge in [-0.1, -0.05) is 18.2 Å². The molecule has 0 saturated carbocycles. The summed E-state index contributed by atoms with van der Waals surface area (Å²) in [6.07, 6.45) is 1.47. The summed E-state index contributed by atoms with van der Waals surface area (Å²) in [6.45, 7) is 0.140. The van der Waals surface area contributed by atoms with Gasteiger partial charge in [-0.15, -0.1) is 0 Å². The summed E-state index contributed by atoms with van der Waals surface area (Å²) in [6, 6.07) is 18.7. The average molecular weight is 483 g/mol. The number of aryl methyl sites for hydroxylation is 1. The predicted molar refractivity (Wildman–Crippen MR) is 129 cm³/mol. The first kappa shape index (κ1) is 23.4. The number of para-hydroxylation sites is 2. The molecule has 0 aliphatic carbocycles. The molecule has 8 nitrogen and oxygen atoms in total. The molecule has 1 aliphatic rings. The molecule has 3 aromatic carbocycles. The summed E-state index contributed by atoms with van der Waals surface area (Å²) in [5.41, 5.74) is 1.96. The molecule has 4 rings (SSSR count). The number of carbonyl (C=O) groups is 1. The summed E-state index contributed by atoms with van der Waals surface area (Å²) < 4.78 is 44.1. The van der Waals surface area contributed by atoms with E-state index in [1.807, 2.05) is 12.1 Å². The number of ether oxygens (including phenoxy) is 3. The lowest BCUT2D eigenvalue weighted by Gasteiger charge is -2.31. The minimum absolute atomic E-state index is 0.181. The number of fused-ring (bicyclic) bond motifs is 1. The van der Waals surface area contributed by atoms with Crippen LogP contribution in [0.25, 0.3) is 0 Å². The molecule has 0 spiro atoms. The van der Waals surface area contributed by atoms with Crippen molar-refractivity contribution in [3.8, 4) is 17.2 Å². The van der Waals surface area contributed by atoms with Gasteiger partial charge in [-0.25, -0.2) is 8.42 Å². The number of benzene rings is 3. The topological polar surface area (TPSA) is 94.2 Å². The Kier molecular flexibility index (Phi) is 6.93. The van der Waals surface area contributed by atoms with Crippen molar-refractivity contribution in [2.45, 2.75) is 17.7 Å². The van der Waals surface area contributed by atoms with E-state index >= 15 is 0 Å². The molecule has 0 radical (unpaired) electrons. The molecule has 0 fully saturated rings. The summed E-state index contributed by atoms with van der Waals surface area (Å²) in [5, 5.41) is 2.78. The van der Waals surface area contributed by atoms with E-state index in [1.54, 1.807) is 42.5 Å². The van der Waals surface area contributed by atoms with Gasteiger partial charge in [0.25, 0.3) is 15.9 Å². The molecule has 178 valence electrons. The summed E-state index contributed by atoms with van der Waals surface area (Å²) >= 11 is 0. The highest BCUT2D eigenvalue weighted by Gasteiger charge is 2.29. The zero-order valence-electron chi connectivity index (χ0n) is 19.0. The van der Waals surface area contributed by atoms with E-state index in [-0.39, 0.29) is 17.4 Å². The minimum Gasteiger partial charge on any atom is -0.497 e. The zero-order valence-corrected chi connectivity index (χ0v) is 19.8. The SMILES string of the molecule is COc1ccc(S(=O)(=O)N2CCCc3ccc(NC(=O)COc4ccccc4OC)cc32)cc1. The van der Waals surface area contributed by atoms with Crippen LogP contribution in [0.15, 0.2) is 71.6 Å². The van der Waals surface area contributed by atoms with E-state index in [2.05, 4.69) is 5.32 Å². The lowest BCUT2D eigenvalue weighted by Crippen LogP contribution is -2.35. The number of nitrogens with one attached hydrogen (secondary N) is 1. The van der Waals surface area contributed by atoms with Crippen LogP contribution in [-0.4, -0.2) is 41.7 Å². The van der Waals surface area contributed by atoms with Gasteiger partial charge in [0.1, 0.15) is 5.75 Å². The second-order valence-electron chi connectivity index (χ2n) is 7.69. The number of sulfonamides is 1. The highest BCUT2D eigenvalue weighted by molar-refractivity contribution is 7.92. The molecule has 0 atom stereocenters. The van der Waals surface area contributed by atoms with Crippen LogP contribution in [-0.2, 0) is 21.2 Å². The van der Waals surface area contributed by atoms with Crippen LogP contribution in [0, 0.1) is 0 Å². The first-order valence-corrected chi connectivity index (χ1v) is 12.2. The fourth-order valence-corrected chi connectivity index (χ4v) is 5.35. The van der Waals surface area contributed by atoms with E-state index < -0.39 is 10.0 Å². The van der Waals surface area contributed by atoms with Crippen LogP contribution >= 0.6 is 0 Å². The fraction of sp³-hybridized carbons (Fsp3) is 0.240. The van der Waals surface area contributed by atoms with Crippen molar-refractivity contribution in [1.82, 2.24) is 0 Å². The van der Waals surface area contributed by atoms with E-state index in [1.165, 1.54) is 30.7 Å². The molecule has 34 heavy (non-hydrogen) atoms. The van der Waals surface area contributed by atoms with E-state index in [4.69, 9.17) is 14.2 Å². The quantitative estimate of drug-likeness (QED) is 0.524. The molecular formula is C25H26N2O6S. The molecule has 1 N–H and O–H groups in total. The first-order chi connectivity index (χ1) is 16.4. The number of carbonyl (C=O) groups excluding carboxylic acids is 1. The van der Waals surface area contributed by atoms with Crippen molar-refractivity contribution in [2.24, 2.45) is 0 Å². The molecule has 0 unspecified atom stereocenters. The van der Waals surface area contributed by atoms with Crippen LogP contribution in [0.3, 0.4) is 0 Å². The Balaban J connectivity index is 1.52. The Labute approximate surface area is 199 Å². The van der Waals surface area contributed by atoms with Crippen molar-refractivity contribution < 1.29 is 27.4 Å². The third kappa shape index (κ3) is 4.94. The molecule has 9 heteroatoms. The number of anilines is 2. The number of amides is 1. The van der Waals surface area contributed by atoms with E-state index in [0.717, 1.165) is 12.0 Å². The largest absolute Gasteiger partial charge is 0.497 e. The van der Waals surface area contributed by atoms with Crippen molar-refractivity contribution >= 4 is 27.3 Å². The van der Waals surface area contributed by atoms with Crippen molar-refractivity contribution in [3.05, 3.63) is 72.3 Å². The lowest BCUT2D eigenvalue weighted by molar-refractivity contribution is -0.118. The highest BCUT2D eigenvalue weighted by Crippen LogP contribution is 2.34. The number of rotatable bonds is 8. The lowest BCUT2D eigenvalue weighted by atomic mass is 10.0. The molecule has 3 aromatic rings. The second-order valence-corrected chi connectivity index (χ2v) is 9.55. The molecule has 0 aromatic heterocycles. The second kappa shape index (κ2) is 10.0. The summed E-state index contributed by atoms with van der Waals surface area (Å²) in [7, 11) is -0.715. The van der Waals surface area contributed by atoms with Crippen molar-refractivity contribution in [1.29, 1.82) is 0 Å². The molecule has 1 heterocycles. The minimum atomic E-state index is -3.77. The maximum atomic E-state index is 13.4.